The van der Waals surface area contributed by atoms with Gasteiger partial charge in [0.1, 0.15) is 5.52 Å². The molecule has 0 atom stereocenters. The number of aromatic nitrogens is 1. The Morgan fingerprint density at radius 3 is 2.56 bits per heavy atom. The third-order valence-corrected chi connectivity index (χ3v) is 3.93. The minimum Gasteiger partial charge on any atom is -0.421 e. The molecule has 2 N–H and O–H groups in total. The van der Waals surface area contributed by atoms with Gasteiger partial charge in [-0.15, -0.1) is 5.11 Å². The molecule has 9 nitrogen and oxygen atoms in total. The van der Waals surface area contributed by atoms with Crippen LogP contribution in [0.25, 0.3) is 11.1 Å². The van der Waals surface area contributed by atoms with Gasteiger partial charge in [0, 0.05) is 0 Å². The van der Waals surface area contributed by atoms with Crippen molar-refractivity contribution in [2.24, 2.45) is 15.3 Å². The van der Waals surface area contributed by atoms with Gasteiger partial charge in [-0.05, 0) is 43.3 Å². The standard InChI is InChI=1S/C15H13N5O4S/c1-10(17-19-11-6-8-12(9-7-11)25(21,22)23)18-20-15-16-13-4-2-3-5-14(13)24-15/h2-9,19H,1H3,(H,21,22,23). The summed E-state index contributed by atoms with van der Waals surface area (Å²) < 4.78 is 36.2. The number of fused-ring (bicyclic) bond motifs is 1. The predicted molar refractivity (Wildman–Crippen MR) is 91.5 cm³/mol. The first-order valence-electron chi connectivity index (χ1n) is 7.07. The molecule has 1 heterocycles. The minimum atomic E-state index is -4.22. The zero-order chi connectivity index (χ0) is 17.9. The lowest BCUT2D eigenvalue weighted by Crippen LogP contribution is -1.98. The van der Waals surface area contributed by atoms with Gasteiger partial charge in [-0.3, -0.25) is 9.98 Å². The predicted octanol–water partition coefficient (Wildman–Crippen LogP) is 3.60. The molecule has 3 rings (SSSR count). The van der Waals surface area contributed by atoms with Crippen LogP contribution in [0.5, 0.6) is 0 Å². The smallest absolute Gasteiger partial charge is 0.342 e. The molecule has 0 aliphatic rings. The van der Waals surface area contributed by atoms with Gasteiger partial charge in [-0.2, -0.15) is 18.5 Å². The second kappa shape index (κ2) is 6.79. The van der Waals surface area contributed by atoms with Crippen molar-refractivity contribution in [1.82, 2.24) is 4.98 Å². The number of amidine groups is 1. The van der Waals surface area contributed by atoms with E-state index >= 15 is 0 Å². The van der Waals surface area contributed by atoms with Crippen LogP contribution in [0.1, 0.15) is 6.92 Å². The van der Waals surface area contributed by atoms with Crippen molar-refractivity contribution < 1.29 is 17.4 Å². The topological polar surface area (TPSA) is 130 Å². The second-order valence-corrected chi connectivity index (χ2v) is 6.36. The van der Waals surface area contributed by atoms with Crippen molar-refractivity contribution in [2.75, 3.05) is 5.43 Å². The molecule has 0 fully saturated rings. The van der Waals surface area contributed by atoms with Crippen LogP contribution in [0, 0.1) is 0 Å². The van der Waals surface area contributed by atoms with E-state index in [0.717, 1.165) is 0 Å². The molecule has 0 unspecified atom stereocenters. The van der Waals surface area contributed by atoms with E-state index in [1.165, 1.54) is 24.3 Å². The monoisotopic (exact) mass is 359 g/mol. The molecule has 0 saturated carbocycles. The van der Waals surface area contributed by atoms with E-state index in [2.05, 4.69) is 25.7 Å². The number of para-hydroxylation sites is 2. The third-order valence-electron chi connectivity index (χ3n) is 3.06. The fourth-order valence-corrected chi connectivity index (χ4v) is 2.37. The van der Waals surface area contributed by atoms with Gasteiger partial charge in [0.05, 0.1) is 10.6 Å². The van der Waals surface area contributed by atoms with E-state index in [9.17, 15) is 8.42 Å². The van der Waals surface area contributed by atoms with Crippen molar-refractivity contribution in [3.05, 3.63) is 48.5 Å². The molecule has 0 radical (unpaired) electrons. The van der Waals surface area contributed by atoms with Gasteiger partial charge in [0.25, 0.3) is 10.1 Å². The highest BCUT2D eigenvalue weighted by molar-refractivity contribution is 7.85. The summed E-state index contributed by atoms with van der Waals surface area (Å²) in [6.45, 7) is 1.62. The number of benzene rings is 2. The molecule has 2 aromatic carbocycles. The van der Waals surface area contributed by atoms with Crippen LogP contribution in [0.3, 0.4) is 0 Å². The first-order valence-corrected chi connectivity index (χ1v) is 8.51. The van der Waals surface area contributed by atoms with Gasteiger partial charge < -0.3 is 4.42 Å². The van der Waals surface area contributed by atoms with E-state index in [1.54, 1.807) is 19.1 Å². The quantitative estimate of drug-likeness (QED) is 0.241. The molecule has 25 heavy (non-hydrogen) atoms. The summed E-state index contributed by atoms with van der Waals surface area (Å²) in [5.74, 6) is 0.307. The molecule has 10 heteroatoms. The van der Waals surface area contributed by atoms with Crippen molar-refractivity contribution in [3.8, 4) is 0 Å². The average molecular weight is 359 g/mol. The first kappa shape index (κ1) is 16.7. The lowest BCUT2D eigenvalue weighted by atomic mass is 10.3. The van der Waals surface area contributed by atoms with Crippen molar-refractivity contribution in [3.63, 3.8) is 0 Å². The fourth-order valence-electron chi connectivity index (χ4n) is 1.89. The molecule has 0 saturated heterocycles. The highest BCUT2D eigenvalue weighted by Crippen LogP contribution is 2.20. The molecule has 0 aliphatic carbocycles. The molecule has 3 aromatic rings. The summed E-state index contributed by atoms with van der Waals surface area (Å²) in [6, 6.07) is 12.8. The Balaban J connectivity index is 1.67. The Morgan fingerprint density at radius 2 is 1.88 bits per heavy atom. The number of anilines is 1. The zero-order valence-corrected chi connectivity index (χ0v) is 13.8. The second-order valence-electron chi connectivity index (χ2n) is 4.93. The molecule has 0 amide bonds. The lowest BCUT2D eigenvalue weighted by molar-refractivity contribution is 0.483. The van der Waals surface area contributed by atoms with Crippen molar-refractivity contribution in [2.45, 2.75) is 11.8 Å². The maximum absolute atomic E-state index is 11.0. The van der Waals surface area contributed by atoms with Crippen molar-refractivity contribution in [1.29, 1.82) is 0 Å². The molecule has 0 spiro atoms. The molecule has 0 bridgehead atoms. The third kappa shape index (κ3) is 4.25. The Labute approximate surface area is 142 Å². The molecular formula is C15H13N5O4S. The van der Waals surface area contributed by atoms with E-state index in [-0.39, 0.29) is 10.9 Å². The maximum atomic E-state index is 11.0. The Hall–Kier alpha value is -3.11. The van der Waals surface area contributed by atoms with Crippen LogP contribution in [0.4, 0.5) is 11.7 Å². The highest BCUT2D eigenvalue weighted by atomic mass is 32.2. The molecular weight excluding hydrogens is 346 g/mol. The van der Waals surface area contributed by atoms with Gasteiger partial charge in [0.2, 0.25) is 0 Å². The highest BCUT2D eigenvalue weighted by Gasteiger charge is 2.08. The summed E-state index contributed by atoms with van der Waals surface area (Å²) in [4.78, 5) is 3.95. The number of azo groups is 1. The Morgan fingerprint density at radius 1 is 1.16 bits per heavy atom. The normalized spacial score (nSPS) is 12.8. The summed E-state index contributed by atoms with van der Waals surface area (Å²) in [5, 5.41) is 11.7. The van der Waals surface area contributed by atoms with E-state index in [0.29, 0.717) is 22.6 Å². The van der Waals surface area contributed by atoms with E-state index in [1.807, 2.05) is 12.1 Å². The fraction of sp³-hybridized carbons (Fsp3) is 0.0667. The number of hydrazone groups is 1. The van der Waals surface area contributed by atoms with Gasteiger partial charge >= 0.3 is 6.01 Å². The van der Waals surface area contributed by atoms with Crippen LogP contribution in [0.2, 0.25) is 0 Å². The summed E-state index contributed by atoms with van der Waals surface area (Å²) in [5.41, 5.74) is 4.51. The Bertz CT molecular complexity index is 1020. The van der Waals surface area contributed by atoms with Crippen molar-refractivity contribution >= 4 is 38.8 Å². The number of nitrogens with zero attached hydrogens (tertiary/aromatic N) is 4. The molecule has 128 valence electrons. The Kier molecular flexibility index (Phi) is 4.55. The van der Waals surface area contributed by atoms with Crippen LogP contribution in [0.15, 0.2) is 73.2 Å². The number of rotatable bonds is 4. The summed E-state index contributed by atoms with van der Waals surface area (Å²) in [7, 11) is -4.22. The van der Waals surface area contributed by atoms with Crippen LogP contribution in [-0.2, 0) is 10.1 Å². The number of oxazole rings is 1. The first-order chi connectivity index (χ1) is 11.9. The number of nitrogens with one attached hydrogen (secondary N) is 1. The summed E-state index contributed by atoms with van der Waals surface area (Å²) in [6.07, 6.45) is 0. The lowest BCUT2D eigenvalue weighted by Gasteiger charge is -2.01. The van der Waals surface area contributed by atoms with E-state index < -0.39 is 10.1 Å². The van der Waals surface area contributed by atoms with Gasteiger partial charge in [-0.1, -0.05) is 17.2 Å². The number of hydrogen-bond donors (Lipinski definition) is 2. The maximum Gasteiger partial charge on any atom is 0.342 e. The van der Waals surface area contributed by atoms with Crippen LogP contribution in [-0.4, -0.2) is 23.8 Å². The van der Waals surface area contributed by atoms with Crippen LogP contribution >= 0.6 is 0 Å². The SMILES string of the molecule is CC(N=Nc1nc2ccccc2o1)=NNc1ccc(S(=O)(=O)O)cc1. The van der Waals surface area contributed by atoms with Gasteiger partial charge in [-0.25, -0.2) is 0 Å². The van der Waals surface area contributed by atoms with Gasteiger partial charge in [0.15, 0.2) is 11.4 Å². The zero-order valence-electron chi connectivity index (χ0n) is 13.0. The van der Waals surface area contributed by atoms with Crippen LogP contribution < -0.4 is 5.43 Å². The average Bonchev–Trinajstić information content (AvgIpc) is 3.00. The summed E-state index contributed by atoms with van der Waals surface area (Å²) >= 11 is 0. The minimum absolute atomic E-state index is 0.119. The molecule has 1 aromatic heterocycles. The number of hydrogen-bond acceptors (Lipinski definition) is 7. The largest absolute Gasteiger partial charge is 0.421 e. The molecule has 0 aliphatic heterocycles. The van der Waals surface area contributed by atoms with E-state index in [4.69, 9.17) is 8.97 Å².